The van der Waals surface area contributed by atoms with Crippen LogP contribution >= 0.6 is 23.5 Å². The van der Waals surface area contributed by atoms with E-state index in [0.29, 0.717) is 23.5 Å². The first-order valence-electron chi connectivity index (χ1n) is 6.53. The molecule has 0 unspecified atom stereocenters. The lowest BCUT2D eigenvalue weighted by Gasteiger charge is -2.21. The summed E-state index contributed by atoms with van der Waals surface area (Å²) >= 11 is 1.41. The van der Waals surface area contributed by atoms with Gasteiger partial charge in [-0.2, -0.15) is 0 Å². The molecule has 2 N–H and O–H groups in total. The minimum Gasteiger partial charge on any atom is -0.396 e. The lowest BCUT2D eigenvalue weighted by atomic mass is 9.92. The van der Waals surface area contributed by atoms with Crippen molar-refractivity contribution in [3.63, 3.8) is 0 Å². The van der Waals surface area contributed by atoms with Gasteiger partial charge in [-0.1, -0.05) is 0 Å². The number of hydrogen-bond donors (Lipinski definition) is 2. The number of rotatable bonds is 6. The van der Waals surface area contributed by atoms with Gasteiger partial charge >= 0.3 is 0 Å². The molecule has 1 aliphatic carbocycles. The minimum atomic E-state index is -2.18. The summed E-state index contributed by atoms with van der Waals surface area (Å²) in [5.74, 6) is -10.6. The molecule has 130 valence electrons. The molecule has 4 nitrogen and oxygen atoms in total. The summed E-state index contributed by atoms with van der Waals surface area (Å²) in [7, 11) is 0. The van der Waals surface area contributed by atoms with E-state index in [9.17, 15) is 27.2 Å². The fourth-order valence-electron chi connectivity index (χ4n) is 2.05. The number of Topliss-reactive ketones (excluding diaryl/α,β-unsaturated/α-hetero) is 2. The quantitative estimate of drug-likeness (QED) is 0.447. The van der Waals surface area contributed by atoms with E-state index in [4.69, 9.17) is 10.2 Å². The summed E-state index contributed by atoms with van der Waals surface area (Å²) in [4.78, 5) is 24.2. The Bertz CT molecular complexity index is 688. The molecule has 0 fully saturated rings. The number of benzene rings is 1. The molecule has 0 radical (unpaired) electrons. The first-order valence-corrected chi connectivity index (χ1v) is 8.50. The zero-order chi connectivity index (χ0) is 18.0. The Balaban J connectivity index is 2.69. The van der Waals surface area contributed by atoms with E-state index in [1.165, 1.54) is 0 Å². The van der Waals surface area contributed by atoms with E-state index in [-0.39, 0.29) is 34.5 Å². The summed E-state index contributed by atoms with van der Waals surface area (Å²) in [5.41, 5.74) is -2.32. The lowest BCUT2D eigenvalue weighted by molar-refractivity contribution is 0.0978. The molecule has 10 heteroatoms. The highest BCUT2D eigenvalue weighted by Crippen LogP contribution is 2.40. The highest BCUT2D eigenvalue weighted by atomic mass is 32.2. The Hall–Kier alpha value is -1.36. The number of carbonyl (C=O) groups excluding carboxylic acids is 2. The molecule has 0 atom stereocenters. The fraction of sp³-hybridized carbons (Fsp3) is 0.286. The largest absolute Gasteiger partial charge is 0.396 e. The molecule has 2 rings (SSSR count). The van der Waals surface area contributed by atoms with Crippen LogP contribution in [-0.4, -0.2) is 46.5 Å². The Kier molecular flexibility index (Phi) is 6.07. The van der Waals surface area contributed by atoms with Gasteiger partial charge in [0.25, 0.3) is 0 Å². The van der Waals surface area contributed by atoms with Crippen LogP contribution in [-0.2, 0) is 0 Å². The van der Waals surface area contributed by atoms with Crippen LogP contribution in [0.5, 0.6) is 0 Å². The Morgan fingerprint density at radius 3 is 1.29 bits per heavy atom. The van der Waals surface area contributed by atoms with E-state index >= 15 is 0 Å². The van der Waals surface area contributed by atoms with Crippen LogP contribution in [0.15, 0.2) is 9.81 Å². The Labute approximate surface area is 141 Å². The third-order valence-corrected chi connectivity index (χ3v) is 5.27. The third-order valence-electron chi connectivity index (χ3n) is 3.02. The van der Waals surface area contributed by atoms with E-state index < -0.39 is 46.0 Å². The number of hydrogen-bond acceptors (Lipinski definition) is 6. The van der Waals surface area contributed by atoms with Gasteiger partial charge in [0.1, 0.15) is 0 Å². The van der Waals surface area contributed by atoms with E-state index in [2.05, 4.69) is 0 Å². The van der Waals surface area contributed by atoms with Gasteiger partial charge in [-0.15, -0.1) is 23.5 Å². The van der Waals surface area contributed by atoms with Crippen LogP contribution in [0.3, 0.4) is 0 Å². The molecule has 0 aliphatic heterocycles. The predicted molar refractivity (Wildman–Crippen MR) is 81.0 cm³/mol. The lowest BCUT2D eigenvalue weighted by Crippen LogP contribution is -2.25. The molecule has 1 aromatic rings. The number of ketones is 2. The average Bonchev–Trinajstić information content (AvgIpc) is 2.57. The van der Waals surface area contributed by atoms with Gasteiger partial charge in [-0.3, -0.25) is 9.59 Å². The number of halogens is 4. The maximum atomic E-state index is 13.9. The first-order chi connectivity index (χ1) is 11.4. The maximum absolute atomic E-state index is 13.9. The zero-order valence-corrected chi connectivity index (χ0v) is 13.5. The van der Waals surface area contributed by atoms with E-state index in [1.807, 2.05) is 0 Å². The van der Waals surface area contributed by atoms with Crippen molar-refractivity contribution in [2.24, 2.45) is 0 Å². The van der Waals surface area contributed by atoms with Crippen molar-refractivity contribution in [2.45, 2.75) is 0 Å². The summed E-state index contributed by atoms with van der Waals surface area (Å²) in [5, 5.41) is 17.7. The molecular formula is C14H10F4O4S2. The van der Waals surface area contributed by atoms with E-state index in [0.717, 1.165) is 0 Å². The normalized spacial score (nSPS) is 14.4. The first kappa shape index (κ1) is 19.0. The van der Waals surface area contributed by atoms with Crippen LogP contribution in [0.2, 0.25) is 0 Å². The van der Waals surface area contributed by atoms with Gasteiger partial charge in [-0.25, -0.2) is 17.6 Å². The Morgan fingerprint density at radius 1 is 0.667 bits per heavy atom. The second-order valence-corrected chi connectivity index (χ2v) is 6.68. The minimum absolute atomic E-state index is 0.0271. The SMILES string of the molecule is O=C1C(SCCO)=C(SCCO)C(=O)c2c(F)c(F)c(F)c(F)c21. The molecule has 0 amide bonds. The predicted octanol–water partition coefficient (Wildman–Crippen LogP) is 2.28. The van der Waals surface area contributed by atoms with Crippen LogP contribution in [0.4, 0.5) is 17.6 Å². The molecule has 0 bridgehead atoms. The molecule has 0 heterocycles. The van der Waals surface area contributed by atoms with Crippen molar-refractivity contribution in [3.05, 3.63) is 44.2 Å². The van der Waals surface area contributed by atoms with Gasteiger partial charge in [0, 0.05) is 11.5 Å². The van der Waals surface area contributed by atoms with Crippen molar-refractivity contribution in [1.82, 2.24) is 0 Å². The standard InChI is InChI=1S/C14H10F4O4S2/c15-7-5-6(8(16)10(18)9(7)17)12(22)14(24-4-2-20)13(11(5)21)23-3-1-19/h19-20H,1-4H2. The van der Waals surface area contributed by atoms with Gasteiger partial charge in [-0.05, 0) is 0 Å². The van der Waals surface area contributed by atoms with Gasteiger partial charge in [0.05, 0.1) is 34.2 Å². The number of allylic oxidation sites excluding steroid dienone is 2. The molecule has 24 heavy (non-hydrogen) atoms. The highest BCUT2D eigenvalue weighted by Gasteiger charge is 2.40. The molecule has 0 aromatic heterocycles. The van der Waals surface area contributed by atoms with Crippen molar-refractivity contribution < 1.29 is 37.4 Å². The van der Waals surface area contributed by atoms with Crippen LogP contribution in [0.25, 0.3) is 0 Å². The number of thioether (sulfide) groups is 2. The molecule has 1 aromatic carbocycles. The zero-order valence-electron chi connectivity index (χ0n) is 11.9. The molecule has 0 spiro atoms. The smallest absolute Gasteiger partial charge is 0.204 e. The number of fused-ring (bicyclic) bond motifs is 1. The number of aliphatic hydroxyl groups excluding tert-OH is 2. The number of carbonyl (C=O) groups is 2. The van der Waals surface area contributed by atoms with Gasteiger partial charge in [0.15, 0.2) is 23.3 Å². The topological polar surface area (TPSA) is 74.6 Å². The van der Waals surface area contributed by atoms with Crippen LogP contribution < -0.4 is 0 Å². The Morgan fingerprint density at radius 2 is 1.00 bits per heavy atom. The maximum Gasteiger partial charge on any atom is 0.204 e. The third kappa shape index (κ3) is 3.10. The second-order valence-electron chi connectivity index (χ2n) is 4.47. The summed E-state index contributed by atoms with van der Waals surface area (Å²) in [6, 6.07) is 0. The van der Waals surface area contributed by atoms with Crippen molar-refractivity contribution in [2.75, 3.05) is 24.7 Å². The monoisotopic (exact) mass is 382 g/mol. The molecule has 1 aliphatic rings. The molecule has 0 saturated heterocycles. The second kappa shape index (κ2) is 7.68. The summed E-state index contributed by atoms with van der Waals surface area (Å²) < 4.78 is 54.7. The van der Waals surface area contributed by atoms with Crippen molar-refractivity contribution >= 4 is 35.1 Å². The fourth-order valence-corrected chi connectivity index (χ4v) is 3.91. The molecular weight excluding hydrogens is 372 g/mol. The van der Waals surface area contributed by atoms with Crippen LogP contribution in [0.1, 0.15) is 20.7 Å². The van der Waals surface area contributed by atoms with Crippen molar-refractivity contribution in [1.29, 1.82) is 0 Å². The van der Waals surface area contributed by atoms with Crippen molar-refractivity contribution in [3.8, 4) is 0 Å². The van der Waals surface area contributed by atoms with Crippen LogP contribution in [0, 0.1) is 23.3 Å². The summed E-state index contributed by atoms with van der Waals surface area (Å²) in [6.45, 7) is -0.732. The highest BCUT2D eigenvalue weighted by molar-refractivity contribution is 8.08. The van der Waals surface area contributed by atoms with E-state index in [1.54, 1.807) is 0 Å². The molecule has 0 saturated carbocycles. The van der Waals surface area contributed by atoms with Gasteiger partial charge in [0.2, 0.25) is 11.6 Å². The average molecular weight is 382 g/mol. The summed E-state index contributed by atoms with van der Waals surface area (Å²) in [6.07, 6.45) is 0. The number of aliphatic hydroxyl groups is 2. The van der Waals surface area contributed by atoms with Gasteiger partial charge < -0.3 is 10.2 Å².